The van der Waals surface area contributed by atoms with E-state index in [4.69, 9.17) is 11.6 Å². The summed E-state index contributed by atoms with van der Waals surface area (Å²) >= 11 is 8.35. The number of likely N-dealkylation sites (tertiary alicyclic amines) is 1. The molecular weight excluding hydrogens is 456 g/mol. The van der Waals surface area contributed by atoms with Crippen molar-refractivity contribution >= 4 is 29.1 Å². The Morgan fingerprint density at radius 2 is 1.85 bits per heavy atom. The lowest BCUT2D eigenvalue weighted by atomic mass is 9.71. The first-order valence-electron chi connectivity index (χ1n) is 12.9. The van der Waals surface area contributed by atoms with Crippen LogP contribution in [0.25, 0.3) is 0 Å². The lowest BCUT2D eigenvalue weighted by Crippen LogP contribution is -2.47. The zero-order valence-electron chi connectivity index (χ0n) is 21.4. The van der Waals surface area contributed by atoms with Gasteiger partial charge < -0.3 is 9.80 Å². The van der Waals surface area contributed by atoms with Crippen LogP contribution in [-0.2, 0) is 11.8 Å². The van der Waals surface area contributed by atoms with Crippen molar-refractivity contribution in [3.8, 4) is 0 Å². The van der Waals surface area contributed by atoms with Crippen LogP contribution in [0.3, 0.4) is 0 Å². The van der Waals surface area contributed by atoms with Gasteiger partial charge in [-0.05, 0) is 112 Å². The second-order valence-corrected chi connectivity index (χ2v) is 12.0. The number of hydrogen-bond acceptors (Lipinski definition) is 3. The number of benzene rings is 2. The summed E-state index contributed by atoms with van der Waals surface area (Å²) in [6, 6.07) is 16.8. The Bertz CT molecular complexity index is 958. The van der Waals surface area contributed by atoms with Gasteiger partial charge in [-0.2, -0.15) is 0 Å². The van der Waals surface area contributed by atoms with Crippen molar-refractivity contribution in [1.29, 1.82) is 0 Å². The zero-order valence-corrected chi connectivity index (χ0v) is 23.0. The highest BCUT2D eigenvalue weighted by molar-refractivity contribution is 7.98. The van der Waals surface area contributed by atoms with E-state index in [-0.39, 0.29) is 5.41 Å². The Hall–Kier alpha value is -1.42. The molecule has 0 amide bonds. The van der Waals surface area contributed by atoms with Crippen molar-refractivity contribution in [3.63, 3.8) is 0 Å². The van der Waals surface area contributed by atoms with E-state index in [2.05, 4.69) is 92.1 Å². The van der Waals surface area contributed by atoms with E-state index in [1.807, 2.05) is 0 Å². The minimum atomic E-state index is -0.00622. The summed E-state index contributed by atoms with van der Waals surface area (Å²) in [5.41, 5.74) is 4.15. The molecule has 2 nitrogen and oxygen atoms in total. The monoisotopic (exact) mass is 496 g/mol. The van der Waals surface area contributed by atoms with E-state index in [1.54, 1.807) is 11.8 Å². The third kappa shape index (κ3) is 5.53. The molecule has 1 heterocycles. The summed E-state index contributed by atoms with van der Waals surface area (Å²) < 4.78 is 0. The van der Waals surface area contributed by atoms with Crippen LogP contribution >= 0.6 is 23.4 Å². The molecule has 4 heteroatoms. The fourth-order valence-electron chi connectivity index (χ4n) is 5.88. The van der Waals surface area contributed by atoms with Crippen LogP contribution in [0.2, 0.25) is 5.02 Å². The van der Waals surface area contributed by atoms with Crippen LogP contribution in [0, 0.1) is 5.92 Å². The van der Waals surface area contributed by atoms with E-state index < -0.39 is 0 Å². The average molecular weight is 497 g/mol. The number of nitrogens with zero attached hydrogens (tertiary/aromatic N) is 2. The van der Waals surface area contributed by atoms with Crippen LogP contribution < -0.4 is 4.90 Å². The van der Waals surface area contributed by atoms with E-state index >= 15 is 0 Å². The predicted molar refractivity (Wildman–Crippen MR) is 151 cm³/mol. The van der Waals surface area contributed by atoms with Crippen molar-refractivity contribution < 1.29 is 0 Å². The molecule has 34 heavy (non-hydrogen) atoms. The third-order valence-electron chi connectivity index (χ3n) is 8.49. The van der Waals surface area contributed by atoms with Crippen molar-refractivity contribution in [2.24, 2.45) is 5.92 Å². The maximum absolute atomic E-state index is 6.54. The summed E-state index contributed by atoms with van der Waals surface area (Å²) in [4.78, 5) is 6.53. The summed E-state index contributed by atoms with van der Waals surface area (Å²) in [6.45, 7) is 11.3. The van der Waals surface area contributed by atoms with Gasteiger partial charge in [0, 0.05) is 40.2 Å². The summed E-state index contributed by atoms with van der Waals surface area (Å²) in [5, 5.41) is 0.832. The number of halogens is 1. The molecule has 2 fully saturated rings. The quantitative estimate of drug-likeness (QED) is 0.258. The SMILES string of the molecule is C=CC1(c2cc(Cl)ccc2N(C)C2CC(C)C2)CCN(C(C)CCc2ccc(SC)cc2)CC1. The molecule has 1 unspecified atom stereocenters. The van der Waals surface area contributed by atoms with Crippen LogP contribution in [0.4, 0.5) is 5.69 Å². The molecule has 2 aliphatic rings. The number of rotatable bonds is 9. The summed E-state index contributed by atoms with van der Waals surface area (Å²) in [7, 11) is 2.27. The highest BCUT2D eigenvalue weighted by Crippen LogP contribution is 2.45. The fraction of sp³-hybridized carbons (Fsp3) is 0.533. The van der Waals surface area contributed by atoms with Gasteiger partial charge in [-0.25, -0.2) is 0 Å². The second kappa shape index (κ2) is 11.1. The summed E-state index contributed by atoms with van der Waals surface area (Å²) in [6.07, 6.45) is 11.5. The normalized spacial score (nSPS) is 23.2. The number of hydrogen-bond donors (Lipinski definition) is 0. The number of allylic oxidation sites excluding steroid dienone is 1. The second-order valence-electron chi connectivity index (χ2n) is 10.6. The van der Waals surface area contributed by atoms with Crippen LogP contribution in [0.5, 0.6) is 0 Å². The standard InChI is InChI=1S/C30H41ClN2S/c1-6-30(28-21-25(31)11-14-29(28)32(4)26-19-22(2)20-26)15-17-33(18-16-30)23(3)7-8-24-9-12-27(34-5)13-10-24/h6,9-14,21-23,26H,1,7-8,15-20H2,2-5H3. The maximum Gasteiger partial charge on any atom is 0.0410 e. The van der Waals surface area contributed by atoms with Crippen molar-refractivity contribution in [1.82, 2.24) is 4.90 Å². The molecule has 1 aliphatic carbocycles. The van der Waals surface area contributed by atoms with Gasteiger partial charge in [0.15, 0.2) is 0 Å². The third-order valence-corrected chi connectivity index (χ3v) is 9.46. The minimum absolute atomic E-state index is 0.00622. The first kappa shape index (κ1) is 25.7. The molecule has 0 N–H and O–H groups in total. The van der Waals surface area contributed by atoms with Gasteiger partial charge in [0.1, 0.15) is 0 Å². The predicted octanol–water partition coefficient (Wildman–Crippen LogP) is 7.84. The molecule has 0 radical (unpaired) electrons. The van der Waals surface area contributed by atoms with Gasteiger partial charge >= 0.3 is 0 Å². The first-order chi connectivity index (χ1) is 16.3. The lowest BCUT2D eigenvalue weighted by molar-refractivity contribution is 0.134. The average Bonchev–Trinajstić information content (AvgIpc) is 2.85. The zero-order chi connectivity index (χ0) is 24.3. The van der Waals surface area contributed by atoms with E-state index in [0.717, 1.165) is 43.3 Å². The Kier molecular flexibility index (Phi) is 8.38. The number of anilines is 1. The van der Waals surface area contributed by atoms with Crippen LogP contribution in [0.1, 0.15) is 57.1 Å². The highest BCUT2D eigenvalue weighted by atomic mass is 35.5. The van der Waals surface area contributed by atoms with Gasteiger partial charge in [0.25, 0.3) is 0 Å². The smallest absolute Gasteiger partial charge is 0.0410 e. The molecule has 184 valence electrons. The Morgan fingerprint density at radius 1 is 1.18 bits per heavy atom. The fourth-order valence-corrected chi connectivity index (χ4v) is 6.47. The van der Waals surface area contributed by atoms with Gasteiger partial charge in [0.05, 0.1) is 0 Å². The van der Waals surface area contributed by atoms with Crippen molar-refractivity contribution in [2.45, 2.75) is 74.8 Å². The molecule has 2 aromatic rings. The van der Waals surface area contributed by atoms with Crippen LogP contribution in [0.15, 0.2) is 60.0 Å². The molecule has 0 bridgehead atoms. The molecular formula is C30H41ClN2S. The lowest BCUT2D eigenvalue weighted by Gasteiger charge is -2.46. The number of piperidine rings is 1. The van der Waals surface area contributed by atoms with E-state index in [0.29, 0.717) is 12.1 Å². The maximum atomic E-state index is 6.54. The molecule has 1 saturated carbocycles. The Morgan fingerprint density at radius 3 is 2.44 bits per heavy atom. The van der Waals surface area contributed by atoms with Crippen LogP contribution in [-0.4, -0.2) is 43.4 Å². The van der Waals surface area contributed by atoms with E-state index in [1.165, 1.54) is 41.0 Å². The number of thioether (sulfide) groups is 1. The van der Waals surface area contributed by atoms with Gasteiger partial charge in [-0.3, -0.25) is 0 Å². The van der Waals surface area contributed by atoms with Gasteiger partial charge in [0.2, 0.25) is 0 Å². The molecule has 1 saturated heterocycles. The Balaban J connectivity index is 1.42. The molecule has 1 aliphatic heterocycles. The molecule has 4 rings (SSSR count). The molecule has 2 aromatic carbocycles. The minimum Gasteiger partial charge on any atom is -0.371 e. The molecule has 1 atom stereocenters. The summed E-state index contributed by atoms with van der Waals surface area (Å²) in [5.74, 6) is 0.838. The van der Waals surface area contributed by atoms with E-state index in [9.17, 15) is 0 Å². The molecule has 0 aromatic heterocycles. The largest absolute Gasteiger partial charge is 0.371 e. The van der Waals surface area contributed by atoms with Gasteiger partial charge in [-0.15, -0.1) is 18.3 Å². The molecule has 0 spiro atoms. The topological polar surface area (TPSA) is 6.48 Å². The Labute approximate surface area is 216 Å². The highest BCUT2D eigenvalue weighted by Gasteiger charge is 2.38. The number of aryl methyl sites for hydroxylation is 1. The van der Waals surface area contributed by atoms with Crippen molar-refractivity contribution in [2.75, 3.05) is 31.3 Å². The van der Waals surface area contributed by atoms with Gasteiger partial charge in [-0.1, -0.05) is 36.7 Å². The first-order valence-corrected chi connectivity index (χ1v) is 14.5. The van der Waals surface area contributed by atoms with Crippen molar-refractivity contribution in [3.05, 3.63) is 71.3 Å².